The van der Waals surface area contributed by atoms with Gasteiger partial charge in [0, 0.05) is 12.0 Å². The maximum absolute atomic E-state index is 11.8. The van der Waals surface area contributed by atoms with Crippen molar-refractivity contribution >= 4 is 11.9 Å². The van der Waals surface area contributed by atoms with E-state index in [-0.39, 0.29) is 18.9 Å². The van der Waals surface area contributed by atoms with E-state index in [1.165, 1.54) is 0 Å². The Morgan fingerprint density at radius 1 is 1.13 bits per heavy atom. The van der Waals surface area contributed by atoms with Crippen molar-refractivity contribution in [3.05, 3.63) is 65.0 Å². The highest BCUT2D eigenvalue weighted by Crippen LogP contribution is 2.19. The highest BCUT2D eigenvalue weighted by Gasteiger charge is 2.18. The van der Waals surface area contributed by atoms with Crippen LogP contribution in [0.4, 0.5) is 4.79 Å². The van der Waals surface area contributed by atoms with Gasteiger partial charge >= 0.3 is 6.09 Å². The first-order valence-electron chi connectivity index (χ1n) is 7.69. The monoisotopic (exact) mass is 310 g/mol. The molecule has 1 N–H and O–H groups in total. The number of ketones is 1. The van der Waals surface area contributed by atoms with Gasteiger partial charge in [-0.05, 0) is 30.5 Å². The van der Waals surface area contributed by atoms with Crippen LogP contribution in [0.25, 0.3) is 0 Å². The molecule has 0 bridgehead atoms. The molecule has 0 spiro atoms. The Labute approximate surface area is 134 Å². The lowest BCUT2D eigenvalue weighted by Crippen LogP contribution is -2.24. The normalized spacial score (nSPS) is 13.3. The van der Waals surface area contributed by atoms with Crippen LogP contribution in [0.5, 0.6) is 0 Å². The van der Waals surface area contributed by atoms with Crippen LogP contribution in [0.2, 0.25) is 0 Å². The molecule has 1 aromatic heterocycles. The topological polar surface area (TPSA) is 68.3 Å². The molecular formula is C18H18N2O3. The van der Waals surface area contributed by atoms with Crippen molar-refractivity contribution < 1.29 is 14.3 Å². The average Bonchev–Trinajstić information content (AvgIpc) is 2.59. The van der Waals surface area contributed by atoms with Crippen LogP contribution in [0.3, 0.4) is 0 Å². The van der Waals surface area contributed by atoms with Gasteiger partial charge < -0.3 is 10.1 Å². The van der Waals surface area contributed by atoms with Crippen molar-refractivity contribution in [1.82, 2.24) is 10.3 Å². The first kappa shape index (κ1) is 15.2. The Morgan fingerprint density at radius 2 is 1.96 bits per heavy atom. The average molecular weight is 310 g/mol. The fraction of sp³-hybridized carbons (Fsp3) is 0.278. The van der Waals surface area contributed by atoms with Crippen molar-refractivity contribution in [2.24, 2.45) is 0 Å². The molecule has 1 aromatic carbocycles. The Kier molecular flexibility index (Phi) is 4.66. The Morgan fingerprint density at radius 3 is 2.78 bits per heavy atom. The van der Waals surface area contributed by atoms with Crippen LogP contribution in [0.15, 0.2) is 42.5 Å². The number of alkyl carbamates (subject to hydrolysis) is 1. The molecule has 0 atom stereocenters. The second kappa shape index (κ2) is 7.05. The number of nitrogens with zero attached hydrogens (tertiary/aromatic N) is 1. The number of pyridine rings is 1. The summed E-state index contributed by atoms with van der Waals surface area (Å²) in [6.07, 6.45) is 1.77. The third-order valence-corrected chi connectivity index (χ3v) is 3.78. The number of fused-ring (bicyclic) bond motifs is 1. The Hall–Kier alpha value is -2.69. The van der Waals surface area contributed by atoms with Crippen molar-refractivity contribution in [2.45, 2.75) is 32.4 Å². The molecular weight excluding hydrogens is 292 g/mol. The maximum atomic E-state index is 11.8. The number of aryl methyl sites for hydroxylation is 1. The quantitative estimate of drug-likeness (QED) is 0.942. The zero-order valence-corrected chi connectivity index (χ0v) is 12.7. The van der Waals surface area contributed by atoms with Gasteiger partial charge in [0.05, 0.1) is 17.9 Å². The van der Waals surface area contributed by atoms with E-state index in [4.69, 9.17) is 4.74 Å². The van der Waals surface area contributed by atoms with E-state index in [1.54, 1.807) is 12.1 Å². The third-order valence-electron chi connectivity index (χ3n) is 3.78. The lowest BCUT2D eigenvalue weighted by Gasteiger charge is -2.14. The molecule has 23 heavy (non-hydrogen) atoms. The first-order chi connectivity index (χ1) is 11.2. The number of carbonyl (C=O) groups excluding carboxylic acids is 2. The number of hydrogen-bond donors (Lipinski definition) is 1. The number of aromatic nitrogens is 1. The summed E-state index contributed by atoms with van der Waals surface area (Å²) in [7, 11) is 0. The highest BCUT2D eigenvalue weighted by atomic mass is 16.5. The van der Waals surface area contributed by atoms with Gasteiger partial charge in [-0.1, -0.05) is 30.3 Å². The molecule has 0 radical (unpaired) electrons. The second-order valence-electron chi connectivity index (χ2n) is 5.49. The first-order valence-corrected chi connectivity index (χ1v) is 7.69. The van der Waals surface area contributed by atoms with E-state index in [2.05, 4.69) is 10.3 Å². The van der Waals surface area contributed by atoms with Crippen molar-refractivity contribution in [1.29, 1.82) is 0 Å². The third kappa shape index (κ3) is 3.94. The minimum absolute atomic E-state index is 0.153. The lowest BCUT2D eigenvalue weighted by atomic mass is 9.94. The van der Waals surface area contributed by atoms with E-state index in [0.29, 0.717) is 12.0 Å². The van der Waals surface area contributed by atoms with Crippen molar-refractivity contribution in [3.8, 4) is 0 Å². The molecule has 0 unspecified atom stereocenters. The molecule has 0 saturated heterocycles. The van der Waals surface area contributed by atoms with E-state index in [0.717, 1.165) is 29.8 Å². The number of Topliss-reactive ketones (excluding diaryl/α,β-unsaturated/α-hetero) is 1. The number of rotatable bonds is 4. The van der Waals surface area contributed by atoms with E-state index >= 15 is 0 Å². The zero-order chi connectivity index (χ0) is 16.1. The minimum atomic E-state index is -0.482. The number of nitrogens with one attached hydrogen (secondary N) is 1. The summed E-state index contributed by atoms with van der Waals surface area (Å²) in [6.45, 7) is 0.522. The number of amides is 1. The van der Waals surface area contributed by atoms with Crippen molar-refractivity contribution in [2.75, 3.05) is 0 Å². The molecule has 5 nitrogen and oxygen atoms in total. The van der Waals surface area contributed by atoms with Crippen LogP contribution in [-0.4, -0.2) is 16.9 Å². The van der Waals surface area contributed by atoms with E-state index in [9.17, 15) is 9.59 Å². The van der Waals surface area contributed by atoms with Gasteiger partial charge in [0.1, 0.15) is 6.61 Å². The van der Waals surface area contributed by atoms with Gasteiger partial charge in [-0.25, -0.2) is 4.79 Å². The molecule has 0 saturated carbocycles. The molecule has 0 aliphatic heterocycles. The van der Waals surface area contributed by atoms with Crippen LogP contribution in [0.1, 0.15) is 40.2 Å². The highest BCUT2D eigenvalue weighted by molar-refractivity contribution is 5.97. The fourth-order valence-corrected chi connectivity index (χ4v) is 2.58. The molecule has 3 rings (SSSR count). The number of hydrogen-bond acceptors (Lipinski definition) is 4. The summed E-state index contributed by atoms with van der Waals surface area (Å²) in [6, 6.07) is 13.1. The summed E-state index contributed by atoms with van der Waals surface area (Å²) in [5.41, 5.74) is 3.22. The number of benzene rings is 1. The van der Waals surface area contributed by atoms with Gasteiger partial charge in [-0.3, -0.25) is 9.78 Å². The van der Waals surface area contributed by atoms with Crippen LogP contribution in [-0.2, 0) is 24.3 Å². The fourth-order valence-electron chi connectivity index (χ4n) is 2.58. The smallest absolute Gasteiger partial charge is 0.407 e. The van der Waals surface area contributed by atoms with Crippen molar-refractivity contribution in [3.63, 3.8) is 0 Å². The number of carbonyl (C=O) groups is 2. The molecule has 5 heteroatoms. The maximum Gasteiger partial charge on any atom is 0.407 e. The SMILES string of the molecule is O=C(NCc1ccc2c(n1)CCCC2=O)OCc1ccccc1. The summed E-state index contributed by atoms with van der Waals surface area (Å²) in [5.74, 6) is 0.153. The molecule has 1 heterocycles. The second-order valence-corrected chi connectivity index (χ2v) is 5.49. The van der Waals surface area contributed by atoms with E-state index < -0.39 is 6.09 Å². The molecule has 2 aromatic rings. The van der Waals surface area contributed by atoms with Gasteiger partial charge in [-0.2, -0.15) is 0 Å². The lowest BCUT2D eigenvalue weighted by molar-refractivity contribution is 0.0971. The Balaban J connectivity index is 1.52. The van der Waals surface area contributed by atoms with Gasteiger partial charge in [0.2, 0.25) is 0 Å². The molecule has 0 fully saturated rings. The van der Waals surface area contributed by atoms with Crippen LogP contribution in [0, 0.1) is 0 Å². The summed E-state index contributed by atoms with van der Waals surface area (Å²) < 4.78 is 5.15. The van der Waals surface area contributed by atoms with E-state index in [1.807, 2.05) is 30.3 Å². The summed E-state index contributed by atoms with van der Waals surface area (Å²) >= 11 is 0. The predicted molar refractivity (Wildman–Crippen MR) is 85.0 cm³/mol. The zero-order valence-electron chi connectivity index (χ0n) is 12.7. The van der Waals surface area contributed by atoms with Crippen LogP contribution >= 0.6 is 0 Å². The van der Waals surface area contributed by atoms with Gasteiger partial charge in [0.25, 0.3) is 0 Å². The predicted octanol–water partition coefficient (Wildman–Crippen LogP) is 3.03. The number of ether oxygens (including phenoxy) is 1. The summed E-state index contributed by atoms with van der Waals surface area (Å²) in [5, 5.41) is 2.68. The van der Waals surface area contributed by atoms with Crippen LogP contribution < -0.4 is 5.32 Å². The molecule has 118 valence electrons. The molecule has 1 aliphatic rings. The largest absolute Gasteiger partial charge is 0.445 e. The Bertz CT molecular complexity index is 713. The molecule has 1 amide bonds. The molecule has 1 aliphatic carbocycles. The van der Waals surface area contributed by atoms with Gasteiger partial charge in [0.15, 0.2) is 5.78 Å². The summed E-state index contributed by atoms with van der Waals surface area (Å²) in [4.78, 5) is 27.9. The standard InChI is InChI=1S/C18H18N2O3/c21-17-8-4-7-16-15(17)10-9-14(20-16)11-19-18(22)23-12-13-5-2-1-3-6-13/h1-3,5-6,9-10H,4,7-8,11-12H2,(H,19,22). The minimum Gasteiger partial charge on any atom is -0.445 e. The van der Waals surface area contributed by atoms with Gasteiger partial charge in [-0.15, -0.1) is 0 Å².